The van der Waals surface area contributed by atoms with E-state index in [1.165, 1.54) is 6.26 Å². The van der Waals surface area contributed by atoms with Crippen LogP contribution in [-0.2, 0) is 20.8 Å². The molecule has 0 amide bonds. The topological polar surface area (TPSA) is 132 Å². The van der Waals surface area contributed by atoms with Gasteiger partial charge in [-0.25, -0.2) is 13.1 Å². The van der Waals surface area contributed by atoms with Crippen molar-refractivity contribution in [2.45, 2.75) is 10.6 Å². The van der Waals surface area contributed by atoms with E-state index in [9.17, 15) is 22.7 Å². The van der Waals surface area contributed by atoms with Gasteiger partial charge in [-0.1, -0.05) is 11.3 Å². The zero-order valence-electron chi connectivity index (χ0n) is 9.99. The summed E-state index contributed by atoms with van der Waals surface area (Å²) in [6.07, 6.45) is 1.95. The van der Waals surface area contributed by atoms with Gasteiger partial charge in [0.15, 0.2) is 5.00 Å². The number of thiophene rings is 1. The largest absolute Gasteiger partial charge is 0.385 e. The van der Waals surface area contributed by atoms with Crippen LogP contribution in [0.3, 0.4) is 0 Å². The number of hydrogen-bond donors (Lipinski definition) is 2. The van der Waals surface area contributed by atoms with Crippen molar-refractivity contribution in [2.75, 3.05) is 24.3 Å². The molecule has 0 aromatic carbocycles. The molecule has 0 aliphatic heterocycles. The van der Waals surface area contributed by atoms with E-state index in [0.29, 0.717) is 23.5 Å². The molecule has 11 heteroatoms. The molecule has 1 rings (SSSR count). The molecular weight excluding hydrogens is 314 g/mol. The van der Waals surface area contributed by atoms with Crippen molar-refractivity contribution >= 4 is 42.8 Å². The number of nitrogen functional groups attached to an aromatic ring is 1. The van der Waals surface area contributed by atoms with Crippen molar-refractivity contribution in [3.63, 3.8) is 0 Å². The fourth-order valence-corrected chi connectivity index (χ4v) is 4.08. The van der Waals surface area contributed by atoms with Gasteiger partial charge in [0.1, 0.15) is 4.21 Å². The molecule has 1 aromatic heterocycles. The van der Waals surface area contributed by atoms with Crippen molar-refractivity contribution in [3.8, 4) is 0 Å². The Bertz CT molecular complexity index is 595. The first-order chi connectivity index (χ1) is 8.74. The van der Waals surface area contributed by atoms with E-state index in [0.717, 1.165) is 6.07 Å². The number of rotatable bonds is 7. The second-order valence-electron chi connectivity index (χ2n) is 3.60. The SMILES string of the molecule is CS(=O)CCCNS(=O)(=O)c1cc([N+](=O)[O-])c(N)s1. The van der Waals surface area contributed by atoms with E-state index < -0.39 is 31.4 Å². The van der Waals surface area contributed by atoms with E-state index in [1.54, 1.807) is 0 Å². The number of nitrogens with zero attached hydrogens (tertiary/aromatic N) is 1. The second-order valence-corrected chi connectivity index (χ2v) is 8.23. The molecule has 19 heavy (non-hydrogen) atoms. The second kappa shape index (κ2) is 6.41. The number of nitrogens with one attached hydrogen (secondary N) is 1. The third-order valence-electron chi connectivity index (χ3n) is 2.08. The lowest BCUT2D eigenvalue weighted by Crippen LogP contribution is -2.25. The van der Waals surface area contributed by atoms with Gasteiger partial charge in [0.25, 0.3) is 0 Å². The van der Waals surface area contributed by atoms with E-state index in [1.807, 2.05) is 0 Å². The Hall–Kier alpha value is -1.04. The lowest BCUT2D eigenvalue weighted by molar-refractivity contribution is -0.383. The van der Waals surface area contributed by atoms with Crippen LogP contribution in [0.5, 0.6) is 0 Å². The zero-order valence-corrected chi connectivity index (χ0v) is 12.4. The minimum absolute atomic E-state index is 0.119. The maximum absolute atomic E-state index is 11.8. The Morgan fingerprint density at radius 3 is 2.68 bits per heavy atom. The minimum atomic E-state index is -3.81. The predicted molar refractivity (Wildman–Crippen MR) is 74.1 cm³/mol. The molecule has 108 valence electrons. The monoisotopic (exact) mass is 327 g/mol. The summed E-state index contributed by atoms with van der Waals surface area (Å²) >= 11 is 0.640. The third kappa shape index (κ3) is 4.53. The van der Waals surface area contributed by atoms with Crippen molar-refractivity contribution in [1.82, 2.24) is 4.72 Å². The van der Waals surface area contributed by atoms with Gasteiger partial charge in [-0.2, -0.15) is 0 Å². The van der Waals surface area contributed by atoms with Crippen LogP contribution in [0, 0.1) is 10.1 Å². The Labute approximate surface area is 116 Å². The molecule has 1 unspecified atom stereocenters. The predicted octanol–water partition coefficient (Wildman–Crippen LogP) is 0.285. The third-order valence-corrected chi connectivity index (χ3v) is 5.83. The van der Waals surface area contributed by atoms with Gasteiger partial charge in [-0.3, -0.25) is 14.3 Å². The molecule has 0 fully saturated rings. The van der Waals surface area contributed by atoms with Crippen molar-refractivity contribution in [2.24, 2.45) is 0 Å². The highest BCUT2D eigenvalue weighted by atomic mass is 32.2. The van der Waals surface area contributed by atoms with E-state index in [4.69, 9.17) is 5.73 Å². The van der Waals surface area contributed by atoms with Gasteiger partial charge in [0.05, 0.1) is 4.92 Å². The molecule has 3 N–H and O–H groups in total. The average Bonchev–Trinajstić information content (AvgIpc) is 2.67. The highest BCUT2D eigenvalue weighted by Gasteiger charge is 2.24. The lowest BCUT2D eigenvalue weighted by Gasteiger charge is -2.03. The van der Waals surface area contributed by atoms with Gasteiger partial charge >= 0.3 is 5.69 Å². The number of sulfonamides is 1. The van der Waals surface area contributed by atoms with Crippen LogP contribution in [0.2, 0.25) is 0 Å². The first kappa shape index (κ1) is 16.0. The molecular formula is C8H13N3O5S3. The van der Waals surface area contributed by atoms with Crippen LogP contribution in [0.25, 0.3) is 0 Å². The van der Waals surface area contributed by atoms with Crippen LogP contribution in [0.1, 0.15) is 6.42 Å². The van der Waals surface area contributed by atoms with Crippen LogP contribution in [0.4, 0.5) is 10.7 Å². The van der Waals surface area contributed by atoms with Gasteiger partial charge in [0.2, 0.25) is 10.0 Å². The van der Waals surface area contributed by atoms with Gasteiger partial charge < -0.3 is 5.73 Å². The minimum Gasteiger partial charge on any atom is -0.385 e. The molecule has 1 aromatic rings. The van der Waals surface area contributed by atoms with E-state index >= 15 is 0 Å². The molecule has 0 saturated carbocycles. The number of hydrogen-bond acceptors (Lipinski definition) is 7. The van der Waals surface area contributed by atoms with Crippen molar-refractivity contribution in [1.29, 1.82) is 0 Å². The summed E-state index contributed by atoms with van der Waals surface area (Å²) in [4.78, 5) is 9.85. The Balaban J connectivity index is 2.75. The Morgan fingerprint density at radius 1 is 1.58 bits per heavy atom. The highest BCUT2D eigenvalue weighted by molar-refractivity contribution is 7.91. The molecule has 0 aliphatic carbocycles. The fraction of sp³-hybridized carbons (Fsp3) is 0.500. The van der Waals surface area contributed by atoms with Crippen LogP contribution in [-0.4, -0.2) is 36.1 Å². The molecule has 0 spiro atoms. The van der Waals surface area contributed by atoms with Crippen molar-refractivity contribution in [3.05, 3.63) is 16.2 Å². The average molecular weight is 327 g/mol. The number of nitrogens with two attached hydrogens (primary N) is 1. The standard InChI is InChI=1S/C8H13N3O5S3/c1-18(14)4-2-3-10-19(15,16)7-5-6(11(12)13)8(9)17-7/h5,10H,2-4,9H2,1H3. The summed E-state index contributed by atoms with van der Waals surface area (Å²) in [7, 11) is -4.79. The molecule has 0 saturated heterocycles. The zero-order chi connectivity index (χ0) is 14.6. The highest BCUT2D eigenvalue weighted by Crippen LogP contribution is 2.34. The van der Waals surface area contributed by atoms with Gasteiger partial charge in [-0.05, 0) is 6.42 Å². The van der Waals surface area contributed by atoms with Crippen molar-refractivity contribution < 1.29 is 17.6 Å². The first-order valence-electron chi connectivity index (χ1n) is 5.07. The van der Waals surface area contributed by atoms with Crippen LogP contribution >= 0.6 is 11.3 Å². The first-order valence-corrected chi connectivity index (χ1v) is 9.10. The Morgan fingerprint density at radius 2 is 2.21 bits per heavy atom. The van der Waals surface area contributed by atoms with Gasteiger partial charge in [0, 0.05) is 35.4 Å². The number of nitro groups is 1. The molecule has 0 radical (unpaired) electrons. The summed E-state index contributed by atoms with van der Waals surface area (Å²) in [5.74, 6) is 0.384. The number of anilines is 1. The fourth-order valence-electron chi connectivity index (χ4n) is 1.20. The molecule has 0 aliphatic rings. The molecule has 1 atom stereocenters. The summed E-state index contributed by atoms with van der Waals surface area (Å²) < 4.78 is 36.5. The molecule has 0 bridgehead atoms. The maximum atomic E-state index is 11.8. The summed E-state index contributed by atoms with van der Waals surface area (Å²) in [5, 5.41) is 10.4. The van der Waals surface area contributed by atoms with Gasteiger partial charge in [-0.15, -0.1) is 0 Å². The van der Waals surface area contributed by atoms with E-state index in [2.05, 4.69) is 4.72 Å². The van der Waals surface area contributed by atoms with E-state index in [-0.39, 0.29) is 15.8 Å². The molecule has 1 heterocycles. The van der Waals surface area contributed by atoms with Crippen LogP contribution in [0.15, 0.2) is 10.3 Å². The quantitative estimate of drug-likeness (QED) is 0.420. The Kier molecular flexibility index (Phi) is 5.40. The maximum Gasteiger partial charge on any atom is 0.304 e. The normalized spacial score (nSPS) is 13.3. The summed E-state index contributed by atoms with van der Waals surface area (Å²) in [6, 6.07) is 0.931. The summed E-state index contributed by atoms with van der Waals surface area (Å²) in [6.45, 7) is 0.119. The van der Waals surface area contributed by atoms with Crippen LogP contribution < -0.4 is 10.5 Å². The smallest absolute Gasteiger partial charge is 0.304 e. The molecule has 8 nitrogen and oxygen atoms in total. The lowest BCUT2D eigenvalue weighted by atomic mass is 10.5. The summed E-state index contributed by atoms with van der Waals surface area (Å²) in [5.41, 5.74) is 4.96.